The normalized spacial score (nSPS) is 20.0. The second-order valence-electron chi connectivity index (χ2n) is 9.40. The molecular weight excluding hydrogens is 406 g/mol. The van der Waals surface area contributed by atoms with Gasteiger partial charge in [-0.05, 0) is 60.6 Å². The molecule has 4 heteroatoms. The van der Waals surface area contributed by atoms with Gasteiger partial charge in [-0.25, -0.2) is 4.79 Å². The Kier molecular flexibility index (Phi) is 6.08. The van der Waals surface area contributed by atoms with Gasteiger partial charge in [0.25, 0.3) is 0 Å². The molecule has 5 rings (SSSR count). The maximum Gasteiger partial charge on any atom is 0.319 e. The second-order valence-corrected chi connectivity index (χ2v) is 9.40. The van der Waals surface area contributed by atoms with Crippen LogP contribution in [-0.4, -0.2) is 25.2 Å². The van der Waals surface area contributed by atoms with E-state index in [1.807, 2.05) is 6.92 Å². The number of benzene rings is 3. The van der Waals surface area contributed by atoms with Gasteiger partial charge in [-0.1, -0.05) is 67.6 Å². The summed E-state index contributed by atoms with van der Waals surface area (Å²) < 4.78 is 0. The van der Waals surface area contributed by atoms with E-state index in [1.165, 1.54) is 27.9 Å². The number of rotatable bonds is 5. The van der Waals surface area contributed by atoms with Crippen molar-refractivity contribution in [2.45, 2.75) is 51.0 Å². The molecule has 3 aromatic rings. The number of amides is 2. The van der Waals surface area contributed by atoms with Crippen LogP contribution in [-0.2, 0) is 0 Å². The van der Waals surface area contributed by atoms with Crippen molar-refractivity contribution >= 4 is 17.4 Å². The summed E-state index contributed by atoms with van der Waals surface area (Å²) in [6.07, 6.45) is 3.09. The van der Waals surface area contributed by atoms with E-state index in [9.17, 15) is 4.79 Å². The zero-order chi connectivity index (χ0) is 22.8. The summed E-state index contributed by atoms with van der Waals surface area (Å²) in [5.74, 6) is 0.676. The van der Waals surface area contributed by atoms with Gasteiger partial charge in [0.05, 0.1) is 0 Å². The topological polar surface area (TPSA) is 44.4 Å². The average molecular weight is 440 g/mol. The second kappa shape index (κ2) is 9.30. The van der Waals surface area contributed by atoms with Gasteiger partial charge >= 0.3 is 6.03 Å². The van der Waals surface area contributed by atoms with Gasteiger partial charge in [-0.3, -0.25) is 0 Å². The molecule has 0 radical (unpaired) electrons. The Balaban J connectivity index is 1.61. The van der Waals surface area contributed by atoms with Gasteiger partial charge < -0.3 is 15.5 Å². The highest BCUT2D eigenvalue weighted by molar-refractivity contribution is 5.90. The Labute approximate surface area is 197 Å². The number of hydrogen-bond acceptors (Lipinski definition) is 2. The van der Waals surface area contributed by atoms with Gasteiger partial charge in [0.1, 0.15) is 0 Å². The summed E-state index contributed by atoms with van der Waals surface area (Å²) in [6.45, 7) is 6.26. The van der Waals surface area contributed by atoms with E-state index < -0.39 is 0 Å². The fourth-order valence-electron chi connectivity index (χ4n) is 5.42. The molecule has 3 atom stereocenters. The van der Waals surface area contributed by atoms with E-state index in [-0.39, 0.29) is 12.1 Å². The molecule has 0 saturated carbocycles. The minimum atomic E-state index is -0.132. The highest BCUT2D eigenvalue weighted by atomic mass is 16.2. The highest BCUT2D eigenvalue weighted by Gasteiger charge is 2.35. The molecule has 4 nitrogen and oxygen atoms in total. The summed E-state index contributed by atoms with van der Waals surface area (Å²) >= 11 is 0. The van der Waals surface area contributed by atoms with Crippen molar-refractivity contribution in [2.75, 3.05) is 23.3 Å². The van der Waals surface area contributed by atoms with Crippen molar-refractivity contribution < 1.29 is 4.79 Å². The minimum absolute atomic E-state index is 0.132. The zero-order valence-electron chi connectivity index (χ0n) is 19.6. The van der Waals surface area contributed by atoms with E-state index in [1.54, 1.807) is 0 Å². The Morgan fingerprint density at radius 1 is 0.909 bits per heavy atom. The molecule has 2 aliphatic rings. The average Bonchev–Trinajstić information content (AvgIpc) is 2.85. The SMILES string of the molecule is CCC(C)NC(=O)Nc1cc2c3c(c1)C(c1ccccc1)CCN3CCC2c1ccccc1. The van der Waals surface area contributed by atoms with Gasteiger partial charge in [-0.15, -0.1) is 0 Å². The maximum atomic E-state index is 12.7. The fraction of sp³-hybridized carbons (Fsp3) is 0.345. The molecule has 3 aromatic carbocycles. The Bertz CT molecular complexity index is 1040. The van der Waals surface area contributed by atoms with Gasteiger partial charge in [0.2, 0.25) is 0 Å². The van der Waals surface area contributed by atoms with E-state index in [2.05, 4.69) is 95.3 Å². The molecule has 0 aliphatic carbocycles. The molecule has 2 heterocycles. The van der Waals surface area contributed by atoms with Gasteiger partial charge in [-0.2, -0.15) is 0 Å². The van der Waals surface area contributed by atoms with Crippen LogP contribution in [0.1, 0.15) is 67.2 Å². The van der Waals surface area contributed by atoms with E-state index >= 15 is 0 Å². The molecule has 0 aromatic heterocycles. The number of hydrogen-bond donors (Lipinski definition) is 2. The van der Waals surface area contributed by atoms with Crippen LogP contribution in [0.25, 0.3) is 0 Å². The largest absolute Gasteiger partial charge is 0.371 e. The number of urea groups is 1. The lowest BCUT2D eigenvalue weighted by Gasteiger charge is -2.43. The summed E-state index contributed by atoms with van der Waals surface area (Å²) in [5, 5.41) is 6.19. The summed E-state index contributed by atoms with van der Waals surface area (Å²) in [4.78, 5) is 15.3. The summed E-state index contributed by atoms with van der Waals surface area (Å²) in [6, 6.07) is 26.1. The molecule has 33 heavy (non-hydrogen) atoms. The van der Waals surface area contributed by atoms with E-state index in [0.717, 1.165) is 38.0 Å². The lowest BCUT2D eigenvalue weighted by atomic mass is 9.76. The van der Waals surface area contributed by atoms with Crippen LogP contribution in [0.4, 0.5) is 16.2 Å². The number of carbonyl (C=O) groups is 1. The monoisotopic (exact) mass is 439 g/mol. The number of nitrogens with one attached hydrogen (secondary N) is 2. The Morgan fingerprint density at radius 2 is 1.42 bits per heavy atom. The number of anilines is 2. The molecule has 3 unspecified atom stereocenters. The van der Waals surface area contributed by atoms with Gasteiger partial charge in [0, 0.05) is 42.3 Å². The van der Waals surface area contributed by atoms with Crippen LogP contribution in [0, 0.1) is 0 Å². The molecule has 2 aliphatic heterocycles. The van der Waals surface area contributed by atoms with Crippen LogP contribution in [0.15, 0.2) is 72.8 Å². The van der Waals surface area contributed by atoms with Crippen molar-refractivity contribution in [3.05, 3.63) is 95.1 Å². The predicted octanol–water partition coefficient (Wildman–Crippen LogP) is 6.48. The third-order valence-corrected chi connectivity index (χ3v) is 7.26. The molecule has 0 fully saturated rings. The standard InChI is InChI=1S/C29H33N3O/c1-3-20(2)30-29(33)31-23-18-26-24(21-10-6-4-7-11-21)14-16-32-17-15-25(27(19-23)28(26)32)22-12-8-5-9-13-22/h4-13,18-20,24-25H,3,14-17H2,1-2H3,(H2,30,31,33). The lowest BCUT2D eigenvalue weighted by Crippen LogP contribution is -2.38. The first-order valence-electron chi connectivity index (χ1n) is 12.2. The van der Waals surface area contributed by atoms with Crippen LogP contribution < -0.4 is 15.5 Å². The molecular formula is C29H33N3O. The maximum absolute atomic E-state index is 12.7. The molecule has 0 bridgehead atoms. The first-order chi connectivity index (χ1) is 16.1. The molecule has 0 spiro atoms. The van der Waals surface area contributed by atoms with Crippen molar-refractivity contribution in [3.8, 4) is 0 Å². The smallest absolute Gasteiger partial charge is 0.319 e. The van der Waals surface area contributed by atoms with Crippen molar-refractivity contribution in [1.29, 1.82) is 0 Å². The first-order valence-corrected chi connectivity index (χ1v) is 12.2. The predicted molar refractivity (Wildman–Crippen MR) is 136 cm³/mol. The molecule has 2 N–H and O–H groups in total. The Hall–Kier alpha value is -3.27. The minimum Gasteiger partial charge on any atom is -0.371 e. The first kappa shape index (κ1) is 21.6. The molecule has 2 amide bonds. The quantitative estimate of drug-likeness (QED) is 0.478. The third kappa shape index (κ3) is 4.35. The van der Waals surface area contributed by atoms with Crippen molar-refractivity contribution in [3.63, 3.8) is 0 Å². The summed E-state index contributed by atoms with van der Waals surface area (Å²) in [7, 11) is 0. The van der Waals surface area contributed by atoms with E-state index in [0.29, 0.717) is 11.8 Å². The fourth-order valence-corrected chi connectivity index (χ4v) is 5.42. The van der Waals surface area contributed by atoms with Crippen molar-refractivity contribution in [2.24, 2.45) is 0 Å². The van der Waals surface area contributed by atoms with E-state index in [4.69, 9.17) is 0 Å². The Morgan fingerprint density at radius 3 is 1.91 bits per heavy atom. The highest BCUT2D eigenvalue weighted by Crippen LogP contribution is 2.49. The molecule has 170 valence electrons. The zero-order valence-corrected chi connectivity index (χ0v) is 19.6. The lowest BCUT2D eigenvalue weighted by molar-refractivity contribution is 0.249. The van der Waals surface area contributed by atoms with Crippen LogP contribution in [0.5, 0.6) is 0 Å². The summed E-state index contributed by atoms with van der Waals surface area (Å²) in [5.41, 5.74) is 7.64. The van der Waals surface area contributed by atoms with Crippen molar-refractivity contribution in [1.82, 2.24) is 5.32 Å². The van der Waals surface area contributed by atoms with Gasteiger partial charge in [0.15, 0.2) is 0 Å². The van der Waals surface area contributed by atoms with Crippen LogP contribution >= 0.6 is 0 Å². The number of carbonyl (C=O) groups excluding carboxylic acids is 1. The van der Waals surface area contributed by atoms with Crippen LogP contribution in [0.3, 0.4) is 0 Å². The molecule has 0 saturated heterocycles. The number of nitrogens with zero attached hydrogens (tertiary/aromatic N) is 1. The third-order valence-electron chi connectivity index (χ3n) is 7.26. The van der Waals surface area contributed by atoms with Crippen LogP contribution in [0.2, 0.25) is 0 Å².